The average Bonchev–Trinajstić information content (AvgIpc) is 2.77. The molecule has 0 unspecified atom stereocenters. The molecule has 0 atom stereocenters. The van der Waals surface area contributed by atoms with Gasteiger partial charge in [-0.2, -0.15) is 0 Å². The van der Waals surface area contributed by atoms with Crippen LogP contribution in [0, 0.1) is 0 Å². The van der Waals surface area contributed by atoms with Crippen LogP contribution in [0.25, 0.3) is 10.2 Å². The second-order valence-electron chi connectivity index (χ2n) is 3.41. The fourth-order valence-electron chi connectivity index (χ4n) is 1.39. The highest BCUT2D eigenvalue weighted by molar-refractivity contribution is 7.17. The Morgan fingerprint density at radius 2 is 2.31 bits per heavy atom. The Balaban J connectivity index is 1.91. The molecule has 0 amide bonds. The number of aromatic nitrogens is 2. The third-order valence-electron chi connectivity index (χ3n) is 2.15. The van der Waals surface area contributed by atoms with Crippen molar-refractivity contribution in [2.75, 3.05) is 19.7 Å². The molecule has 86 valence electrons. The Labute approximate surface area is 98.7 Å². The third kappa shape index (κ3) is 2.68. The molecule has 0 aliphatic carbocycles. The summed E-state index contributed by atoms with van der Waals surface area (Å²) in [5.74, 6) is 0.693. The summed E-state index contributed by atoms with van der Waals surface area (Å²) in [7, 11) is 0. The molecule has 0 radical (unpaired) electrons. The van der Waals surface area contributed by atoms with Gasteiger partial charge in [0.15, 0.2) is 0 Å². The first-order chi connectivity index (χ1) is 7.92. The minimum Gasteiger partial charge on any atom is -0.475 e. The molecule has 0 fully saturated rings. The molecule has 0 saturated carbocycles. The number of ether oxygens (including phenoxy) is 1. The molecule has 2 aromatic rings. The van der Waals surface area contributed by atoms with Gasteiger partial charge >= 0.3 is 0 Å². The Hall–Kier alpha value is -1.20. The van der Waals surface area contributed by atoms with Crippen molar-refractivity contribution in [2.45, 2.75) is 13.3 Å². The number of rotatable bonds is 6. The highest BCUT2D eigenvalue weighted by Gasteiger charge is 2.05. The molecule has 0 aliphatic rings. The first-order valence-corrected chi connectivity index (χ1v) is 6.31. The molecule has 1 N–H and O–H groups in total. The summed E-state index contributed by atoms with van der Waals surface area (Å²) in [6, 6.07) is 1.98. The van der Waals surface area contributed by atoms with E-state index in [0.717, 1.165) is 29.7 Å². The standard InChI is InChI=1S/C11H15N3OS/c1-2-4-12-5-6-15-11-10-9(3-7-16-10)13-8-14-11/h3,7-8,12H,2,4-6H2,1H3. The SMILES string of the molecule is CCCNCCOc1ncnc2ccsc12. The normalized spacial score (nSPS) is 10.8. The molecule has 0 spiro atoms. The molecule has 0 aromatic carbocycles. The maximum atomic E-state index is 5.62. The van der Waals surface area contributed by atoms with E-state index in [2.05, 4.69) is 22.2 Å². The van der Waals surface area contributed by atoms with Gasteiger partial charge in [0.2, 0.25) is 5.88 Å². The summed E-state index contributed by atoms with van der Waals surface area (Å²) >= 11 is 1.61. The van der Waals surface area contributed by atoms with Crippen LogP contribution in [0.2, 0.25) is 0 Å². The summed E-state index contributed by atoms with van der Waals surface area (Å²) < 4.78 is 6.65. The summed E-state index contributed by atoms with van der Waals surface area (Å²) in [6.07, 6.45) is 2.69. The zero-order chi connectivity index (χ0) is 11.2. The van der Waals surface area contributed by atoms with Gasteiger partial charge in [0.1, 0.15) is 17.6 Å². The van der Waals surface area contributed by atoms with E-state index in [4.69, 9.17) is 4.74 Å². The van der Waals surface area contributed by atoms with Crippen molar-refractivity contribution in [3.05, 3.63) is 17.8 Å². The molecule has 5 heteroatoms. The van der Waals surface area contributed by atoms with E-state index < -0.39 is 0 Å². The van der Waals surface area contributed by atoms with Crippen molar-refractivity contribution >= 4 is 21.6 Å². The summed E-state index contributed by atoms with van der Waals surface area (Å²) in [5.41, 5.74) is 0.955. The third-order valence-corrected chi connectivity index (χ3v) is 3.05. The monoisotopic (exact) mass is 237 g/mol. The predicted octanol–water partition coefficient (Wildman–Crippen LogP) is 2.07. The van der Waals surface area contributed by atoms with Crippen molar-refractivity contribution in [3.63, 3.8) is 0 Å². The molecule has 0 aliphatic heterocycles. The number of hydrogen-bond donors (Lipinski definition) is 1. The summed E-state index contributed by atoms with van der Waals surface area (Å²) in [6.45, 7) is 4.67. The average molecular weight is 237 g/mol. The maximum absolute atomic E-state index is 5.62. The molecule has 0 bridgehead atoms. The number of hydrogen-bond acceptors (Lipinski definition) is 5. The van der Waals surface area contributed by atoms with E-state index in [-0.39, 0.29) is 0 Å². The van der Waals surface area contributed by atoms with E-state index in [1.165, 1.54) is 0 Å². The van der Waals surface area contributed by atoms with Crippen LogP contribution in [0.5, 0.6) is 5.88 Å². The molecule has 2 rings (SSSR count). The van der Waals surface area contributed by atoms with Gasteiger partial charge in [0, 0.05) is 6.54 Å². The van der Waals surface area contributed by atoms with Crippen LogP contribution < -0.4 is 10.1 Å². The van der Waals surface area contributed by atoms with Crippen molar-refractivity contribution in [2.24, 2.45) is 0 Å². The van der Waals surface area contributed by atoms with Gasteiger partial charge in [-0.25, -0.2) is 9.97 Å². The van der Waals surface area contributed by atoms with E-state index in [0.29, 0.717) is 12.5 Å². The molecule has 16 heavy (non-hydrogen) atoms. The van der Waals surface area contributed by atoms with Crippen molar-refractivity contribution in [1.82, 2.24) is 15.3 Å². The van der Waals surface area contributed by atoms with Gasteiger partial charge in [0.05, 0.1) is 5.52 Å². The molecule has 4 nitrogen and oxygen atoms in total. The molecule has 2 aromatic heterocycles. The van der Waals surface area contributed by atoms with E-state index in [1.807, 2.05) is 11.4 Å². The van der Waals surface area contributed by atoms with Gasteiger partial charge in [-0.15, -0.1) is 11.3 Å². The fourth-order valence-corrected chi connectivity index (χ4v) is 2.18. The Kier molecular flexibility index (Phi) is 4.07. The van der Waals surface area contributed by atoms with Crippen LogP contribution in [-0.2, 0) is 0 Å². The van der Waals surface area contributed by atoms with Gasteiger partial charge in [-0.1, -0.05) is 6.92 Å². The van der Waals surface area contributed by atoms with Crippen LogP contribution in [0.15, 0.2) is 17.8 Å². The quantitative estimate of drug-likeness (QED) is 0.781. The topological polar surface area (TPSA) is 47.0 Å². The second-order valence-corrected chi connectivity index (χ2v) is 4.33. The van der Waals surface area contributed by atoms with Crippen molar-refractivity contribution < 1.29 is 4.74 Å². The second kappa shape index (κ2) is 5.77. The Morgan fingerprint density at radius 1 is 1.38 bits per heavy atom. The molecular formula is C11H15N3OS. The lowest BCUT2D eigenvalue weighted by atomic mass is 10.4. The van der Waals surface area contributed by atoms with Crippen molar-refractivity contribution in [3.8, 4) is 5.88 Å². The smallest absolute Gasteiger partial charge is 0.234 e. The van der Waals surface area contributed by atoms with Crippen LogP contribution in [0.1, 0.15) is 13.3 Å². The summed E-state index contributed by atoms with van der Waals surface area (Å²) in [4.78, 5) is 8.31. The fraction of sp³-hybridized carbons (Fsp3) is 0.455. The summed E-state index contributed by atoms with van der Waals surface area (Å²) in [5, 5.41) is 5.28. The number of nitrogens with one attached hydrogen (secondary N) is 1. The first kappa shape index (κ1) is 11.3. The molecule has 0 saturated heterocycles. The van der Waals surface area contributed by atoms with Gasteiger partial charge in [-0.3, -0.25) is 0 Å². The minimum atomic E-state index is 0.643. The lowest BCUT2D eigenvalue weighted by Crippen LogP contribution is -2.21. The predicted molar refractivity (Wildman–Crippen MR) is 66.1 cm³/mol. The maximum Gasteiger partial charge on any atom is 0.234 e. The Bertz CT molecular complexity index is 443. The highest BCUT2D eigenvalue weighted by Crippen LogP contribution is 2.26. The largest absolute Gasteiger partial charge is 0.475 e. The van der Waals surface area contributed by atoms with Crippen LogP contribution in [-0.4, -0.2) is 29.7 Å². The highest BCUT2D eigenvalue weighted by atomic mass is 32.1. The minimum absolute atomic E-state index is 0.643. The zero-order valence-corrected chi connectivity index (χ0v) is 10.1. The van der Waals surface area contributed by atoms with Crippen LogP contribution >= 0.6 is 11.3 Å². The van der Waals surface area contributed by atoms with Gasteiger partial charge < -0.3 is 10.1 Å². The Morgan fingerprint density at radius 3 is 3.19 bits per heavy atom. The van der Waals surface area contributed by atoms with Crippen LogP contribution in [0.3, 0.4) is 0 Å². The van der Waals surface area contributed by atoms with E-state index in [1.54, 1.807) is 17.7 Å². The number of fused-ring (bicyclic) bond motifs is 1. The lowest BCUT2D eigenvalue weighted by Gasteiger charge is -2.06. The number of thiophene rings is 1. The van der Waals surface area contributed by atoms with Gasteiger partial charge in [0.25, 0.3) is 0 Å². The molecular weight excluding hydrogens is 222 g/mol. The first-order valence-electron chi connectivity index (χ1n) is 5.43. The molecule has 2 heterocycles. The number of nitrogens with zero attached hydrogens (tertiary/aromatic N) is 2. The van der Waals surface area contributed by atoms with Crippen LogP contribution in [0.4, 0.5) is 0 Å². The van der Waals surface area contributed by atoms with E-state index >= 15 is 0 Å². The van der Waals surface area contributed by atoms with Crippen molar-refractivity contribution in [1.29, 1.82) is 0 Å². The van der Waals surface area contributed by atoms with Gasteiger partial charge in [-0.05, 0) is 24.4 Å². The van der Waals surface area contributed by atoms with E-state index in [9.17, 15) is 0 Å². The zero-order valence-electron chi connectivity index (χ0n) is 9.27. The lowest BCUT2D eigenvalue weighted by molar-refractivity contribution is 0.306.